The summed E-state index contributed by atoms with van der Waals surface area (Å²) in [5.41, 5.74) is 0. The second-order valence-electron chi connectivity index (χ2n) is 5.59. The first-order valence-electron chi connectivity index (χ1n) is 6.74. The predicted molar refractivity (Wildman–Crippen MR) is 65.1 cm³/mol. The van der Waals surface area contributed by atoms with Crippen molar-refractivity contribution >= 4 is 0 Å². The molecule has 3 atom stereocenters. The molecule has 15 heavy (non-hydrogen) atoms. The molecule has 2 heterocycles. The zero-order valence-corrected chi connectivity index (χ0v) is 10.3. The maximum absolute atomic E-state index is 3.58. The van der Waals surface area contributed by atoms with Crippen molar-refractivity contribution in [2.45, 2.75) is 58.0 Å². The molecule has 0 aromatic rings. The molecule has 2 aliphatic rings. The van der Waals surface area contributed by atoms with Crippen molar-refractivity contribution < 1.29 is 0 Å². The first kappa shape index (κ1) is 11.4. The molecule has 88 valence electrons. The van der Waals surface area contributed by atoms with Gasteiger partial charge in [0.15, 0.2) is 0 Å². The second-order valence-corrected chi connectivity index (χ2v) is 5.59. The smallest absolute Gasteiger partial charge is 0.0226 e. The molecule has 2 heteroatoms. The van der Waals surface area contributed by atoms with Gasteiger partial charge in [-0.25, -0.2) is 0 Å². The lowest BCUT2D eigenvalue weighted by Gasteiger charge is -2.39. The van der Waals surface area contributed by atoms with Gasteiger partial charge in [0.25, 0.3) is 0 Å². The molecule has 3 unspecified atom stereocenters. The van der Waals surface area contributed by atoms with Gasteiger partial charge < -0.3 is 5.32 Å². The Hall–Kier alpha value is -0.0800. The van der Waals surface area contributed by atoms with Crippen molar-refractivity contribution in [1.29, 1.82) is 0 Å². The molecule has 2 rings (SSSR count). The van der Waals surface area contributed by atoms with Gasteiger partial charge in [0.2, 0.25) is 0 Å². The molecular weight excluding hydrogens is 184 g/mol. The summed E-state index contributed by atoms with van der Waals surface area (Å²) in [4.78, 5) is 2.77. The Morgan fingerprint density at radius 3 is 2.73 bits per heavy atom. The third-order valence-electron chi connectivity index (χ3n) is 4.12. The van der Waals surface area contributed by atoms with Gasteiger partial charge in [0.1, 0.15) is 0 Å². The highest BCUT2D eigenvalue weighted by molar-refractivity contribution is 4.85. The second kappa shape index (κ2) is 5.31. The van der Waals surface area contributed by atoms with Crippen molar-refractivity contribution in [2.24, 2.45) is 5.92 Å². The van der Waals surface area contributed by atoms with Gasteiger partial charge in [-0.3, -0.25) is 4.90 Å². The first-order valence-corrected chi connectivity index (χ1v) is 6.74. The molecule has 2 aliphatic heterocycles. The molecule has 0 aromatic heterocycles. The largest absolute Gasteiger partial charge is 0.315 e. The molecule has 0 amide bonds. The minimum Gasteiger partial charge on any atom is -0.315 e. The van der Waals surface area contributed by atoms with E-state index in [2.05, 4.69) is 24.1 Å². The van der Waals surface area contributed by atoms with E-state index < -0.39 is 0 Å². The SMILES string of the molecule is CC1CNCC(N2CCCCCC2C)C1. The Kier molecular flexibility index (Phi) is 4.04. The van der Waals surface area contributed by atoms with Crippen LogP contribution in [0.1, 0.15) is 46.0 Å². The summed E-state index contributed by atoms with van der Waals surface area (Å²) in [6, 6.07) is 1.62. The van der Waals surface area contributed by atoms with Crippen LogP contribution in [0, 0.1) is 5.92 Å². The predicted octanol–water partition coefficient (Wildman–Crippen LogP) is 2.25. The van der Waals surface area contributed by atoms with Gasteiger partial charge in [0.05, 0.1) is 0 Å². The van der Waals surface area contributed by atoms with Crippen LogP contribution in [-0.4, -0.2) is 36.6 Å². The van der Waals surface area contributed by atoms with E-state index in [1.165, 1.54) is 51.7 Å². The third-order valence-corrected chi connectivity index (χ3v) is 4.12. The zero-order chi connectivity index (χ0) is 10.7. The molecule has 0 aliphatic carbocycles. The van der Waals surface area contributed by atoms with E-state index in [9.17, 15) is 0 Å². The van der Waals surface area contributed by atoms with Crippen LogP contribution < -0.4 is 5.32 Å². The Balaban J connectivity index is 1.94. The van der Waals surface area contributed by atoms with Crippen LogP contribution in [0.2, 0.25) is 0 Å². The lowest BCUT2D eigenvalue weighted by Crippen LogP contribution is -2.51. The van der Waals surface area contributed by atoms with E-state index >= 15 is 0 Å². The number of likely N-dealkylation sites (tertiary alicyclic amines) is 1. The molecule has 1 N–H and O–H groups in total. The van der Waals surface area contributed by atoms with Gasteiger partial charge in [-0.2, -0.15) is 0 Å². The molecule has 2 nitrogen and oxygen atoms in total. The van der Waals surface area contributed by atoms with Gasteiger partial charge in [-0.1, -0.05) is 19.8 Å². The molecule has 2 fully saturated rings. The van der Waals surface area contributed by atoms with E-state index in [4.69, 9.17) is 0 Å². The fourth-order valence-electron chi connectivity index (χ4n) is 3.22. The summed E-state index contributed by atoms with van der Waals surface area (Å²) in [5.74, 6) is 0.860. The van der Waals surface area contributed by atoms with Crippen LogP contribution in [0.25, 0.3) is 0 Å². The minimum absolute atomic E-state index is 0.807. The summed E-state index contributed by atoms with van der Waals surface area (Å²) >= 11 is 0. The molecule has 0 saturated carbocycles. The summed E-state index contributed by atoms with van der Waals surface area (Å²) in [5, 5.41) is 3.58. The van der Waals surface area contributed by atoms with Crippen LogP contribution in [0.5, 0.6) is 0 Å². The molecule has 0 bridgehead atoms. The van der Waals surface area contributed by atoms with Crippen LogP contribution in [0.3, 0.4) is 0 Å². The third kappa shape index (κ3) is 2.94. The van der Waals surface area contributed by atoms with Crippen molar-refractivity contribution in [3.63, 3.8) is 0 Å². The number of hydrogen-bond donors (Lipinski definition) is 1. The standard InChI is InChI=1S/C13H26N2/c1-11-8-13(10-14-9-11)15-7-5-3-4-6-12(15)2/h11-14H,3-10H2,1-2H3. The number of piperidine rings is 1. The van der Waals surface area contributed by atoms with Crippen molar-refractivity contribution in [2.75, 3.05) is 19.6 Å². The van der Waals surface area contributed by atoms with Gasteiger partial charge in [-0.15, -0.1) is 0 Å². The molecule has 0 spiro atoms. The van der Waals surface area contributed by atoms with Crippen molar-refractivity contribution in [3.8, 4) is 0 Å². The fraction of sp³-hybridized carbons (Fsp3) is 1.00. The lowest BCUT2D eigenvalue weighted by molar-refractivity contribution is 0.108. The molecule has 2 saturated heterocycles. The fourth-order valence-corrected chi connectivity index (χ4v) is 3.22. The monoisotopic (exact) mass is 210 g/mol. The molecular formula is C13H26N2. The van der Waals surface area contributed by atoms with E-state index in [0.717, 1.165) is 18.0 Å². The summed E-state index contributed by atoms with van der Waals surface area (Å²) < 4.78 is 0. The Morgan fingerprint density at radius 2 is 1.93 bits per heavy atom. The van der Waals surface area contributed by atoms with Crippen LogP contribution in [-0.2, 0) is 0 Å². The highest BCUT2D eigenvalue weighted by atomic mass is 15.2. The Bertz CT molecular complexity index is 193. The molecule has 0 radical (unpaired) electrons. The highest BCUT2D eigenvalue weighted by Gasteiger charge is 2.28. The molecule has 0 aromatic carbocycles. The summed E-state index contributed by atoms with van der Waals surface area (Å²) in [6.45, 7) is 8.57. The topological polar surface area (TPSA) is 15.3 Å². The van der Waals surface area contributed by atoms with E-state index in [1.807, 2.05) is 0 Å². The number of nitrogens with zero attached hydrogens (tertiary/aromatic N) is 1. The highest BCUT2D eigenvalue weighted by Crippen LogP contribution is 2.23. The number of nitrogens with one attached hydrogen (secondary N) is 1. The maximum Gasteiger partial charge on any atom is 0.0226 e. The average Bonchev–Trinajstić information content (AvgIpc) is 2.43. The number of hydrogen-bond acceptors (Lipinski definition) is 2. The van der Waals surface area contributed by atoms with Crippen molar-refractivity contribution in [3.05, 3.63) is 0 Å². The summed E-state index contributed by atoms with van der Waals surface area (Å²) in [6.07, 6.45) is 7.10. The van der Waals surface area contributed by atoms with E-state index in [0.29, 0.717) is 0 Å². The van der Waals surface area contributed by atoms with Gasteiger partial charge >= 0.3 is 0 Å². The zero-order valence-electron chi connectivity index (χ0n) is 10.3. The maximum atomic E-state index is 3.58. The average molecular weight is 210 g/mol. The van der Waals surface area contributed by atoms with E-state index in [1.54, 1.807) is 0 Å². The summed E-state index contributed by atoms with van der Waals surface area (Å²) in [7, 11) is 0. The Labute approximate surface area is 94.4 Å². The minimum atomic E-state index is 0.807. The van der Waals surface area contributed by atoms with Crippen LogP contribution in [0.15, 0.2) is 0 Å². The van der Waals surface area contributed by atoms with Gasteiger partial charge in [-0.05, 0) is 45.2 Å². The van der Waals surface area contributed by atoms with Crippen LogP contribution >= 0.6 is 0 Å². The quantitative estimate of drug-likeness (QED) is 0.714. The van der Waals surface area contributed by atoms with Crippen molar-refractivity contribution in [1.82, 2.24) is 10.2 Å². The Morgan fingerprint density at radius 1 is 1.07 bits per heavy atom. The van der Waals surface area contributed by atoms with Gasteiger partial charge in [0, 0.05) is 18.6 Å². The number of rotatable bonds is 1. The normalized spacial score (nSPS) is 40.0. The lowest BCUT2D eigenvalue weighted by atomic mass is 9.95. The first-order chi connectivity index (χ1) is 7.27. The van der Waals surface area contributed by atoms with Crippen LogP contribution in [0.4, 0.5) is 0 Å². The van der Waals surface area contributed by atoms with E-state index in [-0.39, 0.29) is 0 Å².